The Morgan fingerprint density at radius 3 is 2.54 bits per heavy atom. The van der Waals surface area contributed by atoms with E-state index in [-0.39, 0.29) is 12.4 Å². The summed E-state index contributed by atoms with van der Waals surface area (Å²) in [6, 6.07) is 10.0. The predicted octanol–water partition coefficient (Wildman–Crippen LogP) is 4.08. The molecule has 1 N–H and O–H groups in total. The molecule has 0 amide bonds. The van der Waals surface area contributed by atoms with Gasteiger partial charge in [0.05, 0.1) is 0 Å². The average molecular weight is 465 g/mol. The van der Waals surface area contributed by atoms with Gasteiger partial charge in [0.1, 0.15) is 0 Å². The largest absolute Gasteiger partial charge is 0.315 e. The number of nitrogens with zero attached hydrogens (tertiary/aromatic N) is 2. The lowest BCUT2D eigenvalue weighted by Gasteiger charge is -2.45. The molecule has 3 nitrogen and oxygen atoms in total. The van der Waals surface area contributed by atoms with E-state index in [0.717, 1.165) is 55.3 Å². The maximum Gasteiger partial charge on any atom is 0.0406 e. The number of hydrogen-bond donors (Lipinski definition) is 3. The van der Waals surface area contributed by atoms with Gasteiger partial charge in [0.15, 0.2) is 0 Å². The van der Waals surface area contributed by atoms with Crippen LogP contribution in [0.5, 0.6) is 0 Å². The lowest BCUT2D eigenvalue weighted by Crippen LogP contribution is -2.50. The maximum atomic E-state index is 6.15. The van der Waals surface area contributed by atoms with Gasteiger partial charge < -0.3 is 15.1 Å². The summed E-state index contributed by atoms with van der Waals surface area (Å²) in [5, 5.41) is 4.32. The Labute approximate surface area is 193 Å². The minimum Gasteiger partial charge on any atom is -0.315 e. The fourth-order valence-corrected chi connectivity index (χ4v) is 5.66. The Kier molecular flexibility index (Phi) is 10.8. The van der Waals surface area contributed by atoms with Crippen LogP contribution < -0.4 is 5.32 Å². The molecule has 2 fully saturated rings. The molecule has 7 heteroatoms. The van der Waals surface area contributed by atoms with E-state index < -0.39 is 0 Å². The second-order valence-corrected chi connectivity index (χ2v) is 9.35. The van der Waals surface area contributed by atoms with Crippen LogP contribution in [0, 0.1) is 5.92 Å². The molecule has 0 aliphatic carbocycles. The van der Waals surface area contributed by atoms with Gasteiger partial charge in [-0.2, -0.15) is 25.3 Å². The second-order valence-electron chi connectivity index (χ2n) is 8.02. The first-order valence-electron chi connectivity index (χ1n) is 10.3. The zero-order chi connectivity index (χ0) is 19.2. The van der Waals surface area contributed by atoms with Crippen LogP contribution in [0.2, 0.25) is 5.02 Å². The van der Waals surface area contributed by atoms with E-state index in [4.69, 9.17) is 11.6 Å². The lowest BCUT2D eigenvalue weighted by atomic mass is 9.76. The van der Waals surface area contributed by atoms with Crippen molar-refractivity contribution in [3.8, 4) is 0 Å². The summed E-state index contributed by atoms with van der Waals surface area (Å²) in [4.78, 5) is 5.27. The van der Waals surface area contributed by atoms with Crippen molar-refractivity contribution in [3.63, 3.8) is 0 Å². The SMILES string of the molecule is CN1[C@H]2CC[C@@H]1[C@@H](CN(CCS)CCNCCS)[C@@H](c1ccc(Cl)cc1)C2.Cl. The minimum absolute atomic E-state index is 0. The Balaban J connectivity index is 0.00000280. The van der Waals surface area contributed by atoms with Crippen LogP contribution in [-0.4, -0.2) is 73.2 Å². The quantitative estimate of drug-likeness (QED) is 0.358. The molecule has 0 saturated carbocycles. The topological polar surface area (TPSA) is 18.5 Å². The molecular formula is C21H35Cl2N3S2. The summed E-state index contributed by atoms with van der Waals surface area (Å²) in [5.74, 6) is 3.10. The van der Waals surface area contributed by atoms with Crippen molar-refractivity contribution < 1.29 is 0 Å². The molecule has 2 heterocycles. The van der Waals surface area contributed by atoms with E-state index in [1.165, 1.54) is 24.8 Å². The van der Waals surface area contributed by atoms with Crippen LogP contribution in [0.3, 0.4) is 0 Å². The molecule has 28 heavy (non-hydrogen) atoms. The first-order valence-corrected chi connectivity index (χ1v) is 11.9. The second kappa shape index (κ2) is 12.3. The first-order chi connectivity index (χ1) is 13.1. The summed E-state index contributed by atoms with van der Waals surface area (Å²) in [7, 11) is 2.34. The van der Waals surface area contributed by atoms with Crippen LogP contribution in [0.1, 0.15) is 30.7 Å². The van der Waals surface area contributed by atoms with E-state index in [9.17, 15) is 0 Å². The summed E-state index contributed by atoms with van der Waals surface area (Å²) in [6.07, 6.45) is 3.95. The summed E-state index contributed by atoms with van der Waals surface area (Å²) >= 11 is 15.0. The smallest absolute Gasteiger partial charge is 0.0406 e. The molecule has 2 saturated heterocycles. The first kappa shape index (κ1) is 24.6. The molecule has 2 bridgehead atoms. The molecule has 1 aromatic carbocycles. The number of benzene rings is 1. The van der Waals surface area contributed by atoms with Crippen LogP contribution in [0.4, 0.5) is 0 Å². The third-order valence-electron chi connectivity index (χ3n) is 6.51. The summed E-state index contributed by atoms with van der Waals surface area (Å²) in [5.41, 5.74) is 1.47. The highest BCUT2D eigenvalue weighted by molar-refractivity contribution is 7.80. The number of piperidine rings is 1. The molecule has 0 aromatic heterocycles. The third-order valence-corrected chi connectivity index (χ3v) is 7.18. The summed E-state index contributed by atoms with van der Waals surface area (Å²) < 4.78 is 0. The lowest BCUT2D eigenvalue weighted by molar-refractivity contribution is 0.0728. The van der Waals surface area contributed by atoms with Crippen molar-refractivity contribution >= 4 is 49.3 Å². The van der Waals surface area contributed by atoms with Gasteiger partial charge in [-0.15, -0.1) is 12.4 Å². The van der Waals surface area contributed by atoms with Crippen molar-refractivity contribution in [1.82, 2.24) is 15.1 Å². The fraction of sp³-hybridized carbons (Fsp3) is 0.714. The Morgan fingerprint density at radius 1 is 1.11 bits per heavy atom. The van der Waals surface area contributed by atoms with E-state index in [1.807, 2.05) is 0 Å². The molecule has 160 valence electrons. The standard InChI is InChI=1S/C21H34ClN3S2.ClH/c1-24-18-6-7-21(24)20(15-25(11-13-27)10-8-23-9-12-26)19(14-18)16-2-4-17(22)5-3-16;/h2-5,18-21,23,26-27H,6-15H2,1H3;1H/t18-,19+,20-,21+;/m0./s1. The van der Waals surface area contributed by atoms with Gasteiger partial charge in [-0.1, -0.05) is 23.7 Å². The number of nitrogens with one attached hydrogen (secondary N) is 1. The van der Waals surface area contributed by atoms with Gasteiger partial charge in [0.25, 0.3) is 0 Å². The maximum absolute atomic E-state index is 6.15. The van der Waals surface area contributed by atoms with Crippen LogP contribution in [0.25, 0.3) is 0 Å². The van der Waals surface area contributed by atoms with E-state index in [1.54, 1.807) is 0 Å². The number of hydrogen-bond acceptors (Lipinski definition) is 5. The van der Waals surface area contributed by atoms with Gasteiger partial charge in [-0.3, -0.25) is 0 Å². The molecule has 0 spiro atoms. The van der Waals surface area contributed by atoms with Crippen molar-refractivity contribution in [1.29, 1.82) is 0 Å². The highest BCUT2D eigenvalue weighted by atomic mass is 35.5. The number of halogens is 2. The monoisotopic (exact) mass is 463 g/mol. The van der Waals surface area contributed by atoms with Crippen LogP contribution in [0.15, 0.2) is 24.3 Å². The van der Waals surface area contributed by atoms with Crippen molar-refractivity contribution in [2.24, 2.45) is 5.92 Å². The zero-order valence-electron chi connectivity index (χ0n) is 16.8. The van der Waals surface area contributed by atoms with Crippen LogP contribution >= 0.6 is 49.3 Å². The number of thiol groups is 2. The minimum atomic E-state index is 0. The molecule has 4 atom stereocenters. The van der Waals surface area contributed by atoms with Gasteiger partial charge in [0, 0.05) is 61.3 Å². The van der Waals surface area contributed by atoms with Crippen molar-refractivity contribution in [3.05, 3.63) is 34.9 Å². The van der Waals surface area contributed by atoms with Gasteiger partial charge >= 0.3 is 0 Å². The number of rotatable bonds is 10. The molecule has 2 aliphatic rings. The predicted molar refractivity (Wildman–Crippen MR) is 131 cm³/mol. The Hall–Kier alpha value is 0.380. The average Bonchev–Trinajstić information content (AvgIpc) is 2.91. The molecule has 0 unspecified atom stereocenters. The Morgan fingerprint density at radius 2 is 1.86 bits per heavy atom. The summed E-state index contributed by atoms with van der Waals surface area (Å²) in [6.45, 7) is 5.28. The van der Waals surface area contributed by atoms with E-state index >= 15 is 0 Å². The molecular weight excluding hydrogens is 429 g/mol. The van der Waals surface area contributed by atoms with Crippen LogP contribution in [-0.2, 0) is 0 Å². The zero-order valence-corrected chi connectivity index (χ0v) is 20.1. The molecule has 1 aromatic rings. The molecule has 2 aliphatic heterocycles. The van der Waals surface area contributed by atoms with Crippen molar-refractivity contribution in [2.45, 2.75) is 37.3 Å². The number of fused-ring (bicyclic) bond motifs is 2. The third kappa shape index (κ3) is 6.19. The van der Waals surface area contributed by atoms with Crippen molar-refractivity contribution in [2.75, 3.05) is 51.3 Å². The normalized spacial score (nSPS) is 27.2. The Bertz CT molecular complexity index is 575. The fourth-order valence-electron chi connectivity index (χ4n) is 5.09. The van der Waals surface area contributed by atoms with Gasteiger partial charge in [0.2, 0.25) is 0 Å². The highest BCUT2D eigenvalue weighted by Gasteiger charge is 2.46. The molecule has 0 radical (unpaired) electrons. The van der Waals surface area contributed by atoms with Gasteiger partial charge in [-0.25, -0.2) is 0 Å². The van der Waals surface area contributed by atoms with Gasteiger partial charge in [-0.05, 0) is 55.8 Å². The van der Waals surface area contributed by atoms with E-state index in [0.29, 0.717) is 17.9 Å². The molecule has 3 rings (SSSR count). The highest BCUT2D eigenvalue weighted by Crippen LogP contribution is 2.46. The van der Waals surface area contributed by atoms with E-state index in [2.05, 4.69) is 71.7 Å².